The first-order valence-corrected chi connectivity index (χ1v) is 7.46. The SMILES string of the molecule is Cc1ccc(-c2nnc(C(C)N3CCC(O)CC3)o2)cc1. The van der Waals surface area contributed by atoms with Crippen molar-refractivity contribution in [3.05, 3.63) is 35.7 Å². The topological polar surface area (TPSA) is 62.4 Å². The van der Waals surface area contributed by atoms with Gasteiger partial charge in [-0.05, 0) is 38.8 Å². The number of likely N-dealkylation sites (tertiary alicyclic amines) is 1. The third-order valence-electron chi connectivity index (χ3n) is 4.14. The highest BCUT2D eigenvalue weighted by atomic mass is 16.4. The van der Waals surface area contributed by atoms with Crippen LogP contribution < -0.4 is 0 Å². The predicted molar refractivity (Wildman–Crippen MR) is 79.7 cm³/mol. The Balaban J connectivity index is 1.73. The van der Waals surface area contributed by atoms with Gasteiger partial charge in [-0.15, -0.1) is 10.2 Å². The van der Waals surface area contributed by atoms with Crippen LogP contribution in [-0.2, 0) is 0 Å². The van der Waals surface area contributed by atoms with Crippen LogP contribution in [0.15, 0.2) is 28.7 Å². The van der Waals surface area contributed by atoms with E-state index in [1.807, 2.05) is 24.3 Å². The molecule has 1 atom stereocenters. The van der Waals surface area contributed by atoms with E-state index in [1.165, 1.54) is 5.56 Å². The molecule has 112 valence electrons. The summed E-state index contributed by atoms with van der Waals surface area (Å²) in [6.07, 6.45) is 1.45. The number of rotatable bonds is 3. The zero-order chi connectivity index (χ0) is 14.8. The second-order valence-electron chi connectivity index (χ2n) is 5.75. The van der Waals surface area contributed by atoms with Crippen molar-refractivity contribution in [3.63, 3.8) is 0 Å². The van der Waals surface area contributed by atoms with Gasteiger partial charge in [-0.1, -0.05) is 17.7 Å². The van der Waals surface area contributed by atoms with Crippen LogP contribution in [0, 0.1) is 6.92 Å². The lowest BCUT2D eigenvalue weighted by Gasteiger charge is -2.32. The van der Waals surface area contributed by atoms with Gasteiger partial charge in [-0.25, -0.2) is 0 Å². The van der Waals surface area contributed by atoms with Crippen LogP contribution >= 0.6 is 0 Å². The average Bonchev–Trinajstić information content (AvgIpc) is 2.98. The van der Waals surface area contributed by atoms with Crippen molar-refractivity contribution in [3.8, 4) is 11.5 Å². The molecule has 1 aliphatic rings. The van der Waals surface area contributed by atoms with E-state index in [0.717, 1.165) is 31.5 Å². The molecule has 1 aromatic carbocycles. The van der Waals surface area contributed by atoms with Crippen LogP contribution in [0.1, 0.15) is 37.3 Å². The first-order valence-electron chi connectivity index (χ1n) is 7.46. The number of benzene rings is 1. The van der Waals surface area contributed by atoms with Gasteiger partial charge in [0.2, 0.25) is 11.8 Å². The van der Waals surface area contributed by atoms with Crippen LogP contribution in [0.5, 0.6) is 0 Å². The molecule has 3 rings (SSSR count). The van der Waals surface area contributed by atoms with Gasteiger partial charge in [0, 0.05) is 18.7 Å². The third-order valence-corrected chi connectivity index (χ3v) is 4.14. The molecule has 0 saturated carbocycles. The van der Waals surface area contributed by atoms with Gasteiger partial charge in [-0.3, -0.25) is 4.90 Å². The zero-order valence-electron chi connectivity index (χ0n) is 12.5. The molecule has 2 heterocycles. The van der Waals surface area contributed by atoms with Gasteiger partial charge in [0.15, 0.2) is 0 Å². The molecule has 1 aliphatic heterocycles. The summed E-state index contributed by atoms with van der Waals surface area (Å²) in [6, 6.07) is 8.15. The molecule has 5 heteroatoms. The number of aliphatic hydroxyl groups excluding tert-OH is 1. The summed E-state index contributed by atoms with van der Waals surface area (Å²) < 4.78 is 5.83. The van der Waals surface area contributed by atoms with Crippen LogP contribution in [0.2, 0.25) is 0 Å². The Morgan fingerprint density at radius 2 is 1.86 bits per heavy atom. The molecular formula is C16H21N3O2. The van der Waals surface area contributed by atoms with Crippen LogP contribution in [0.4, 0.5) is 0 Å². The Labute approximate surface area is 124 Å². The van der Waals surface area contributed by atoms with Gasteiger partial charge in [0.05, 0.1) is 12.1 Å². The van der Waals surface area contributed by atoms with E-state index in [9.17, 15) is 5.11 Å². The molecule has 0 aliphatic carbocycles. The Morgan fingerprint density at radius 3 is 2.52 bits per heavy atom. The lowest BCUT2D eigenvalue weighted by atomic mass is 10.1. The smallest absolute Gasteiger partial charge is 0.247 e. The second kappa shape index (κ2) is 5.95. The minimum absolute atomic E-state index is 0.0872. The summed E-state index contributed by atoms with van der Waals surface area (Å²) in [4.78, 5) is 2.28. The summed E-state index contributed by atoms with van der Waals surface area (Å²) in [7, 11) is 0. The molecule has 1 saturated heterocycles. The quantitative estimate of drug-likeness (QED) is 0.940. The Morgan fingerprint density at radius 1 is 1.19 bits per heavy atom. The fourth-order valence-corrected chi connectivity index (χ4v) is 2.65. The summed E-state index contributed by atoms with van der Waals surface area (Å²) in [6.45, 7) is 5.86. The van der Waals surface area contributed by atoms with Gasteiger partial charge in [0.25, 0.3) is 0 Å². The minimum atomic E-state index is -0.167. The Hall–Kier alpha value is -1.72. The monoisotopic (exact) mass is 287 g/mol. The average molecular weight is 287 g/mol. The highest BCUT2D eigenvalue weighted by molar-refractivity contribution is 5.52. The first-order chi connectivity index (χ1) is 10.1. The van der Waals surface area contributed by atoms with Crippen LogP contribution in [0.3, 0.4) is 0 Å². The zero-order valence-corrected chi connectivity index (χ0v) is 12.5. The molecule has 1 fully saturated rings. The Bertz CT molecular complexity index is 586. The van der Waals surface area contributed by atoms with Gasteiger partial charge >= 0.3 is 0 Å². The van der Waals surface area contributed by atoms with Crippen molar-refractivity contribution >= 4 is 0 Å². The van der Waals surface area contributed by atoms with Crippen molar-refractivity contribution in [2.45, 2.75) is 38.8 Å². The molecule has 0 radical (unpaired) electrons. The molecule has 1 unspecified atom stereocenters. The summed E-state index contributed by atoms with van der Waals surface area (Å²) in [5.41, 5.74) is 2.15. The minimum Gasteiger partial charge on any atom is -0.419 e. The molecule has 0 bridgehead atoms. The number of aromatic nitrogens is 2. The molecule has 21 heavy (non-hydrogen) atoms. The van der Waals surface area contributed by atoms with E-state index in [1.54, 1.807) is 0 Å². The standard InChI is InChI=1S/C16H21N3O2/c1-11-3-5-13(6-4-11)16-18-17-15(21-16)12(2)19-9-7-14(20)8-10-19/h3-6,12,14,20H,7-10H2,1-2H3. The van der Waals surface area contributed by atoms with Gasteiger partial charge in [0.1, 0.15) is 0 Å². The lowest BCUT2D eigenvalue weighted by molar-refractivity contribution is 0.0582. The van der Waals surface area contributed by atoms with E-state index in [-0.39, 0.29) is 12.1 Å². The number of aliphatic hydroxyl groups is 1. The predicted octanol–water partition coefficient (Wildman–Crippen LogP) is 2.56. The third kappa shape index (κ3) is 3.14. The van der Waals surface area contributed by atoms with E-state index in [2.05, 4.69) is 28.9 Å². The summed E-state index contributed by atoms with van der Waals surface area (Å²) >= 11 is 0. The number of nitrogens with zero attached hydrogens (tertiary/aromatic N) is 3. The normalized spacial score (nSPS) is 18.8. The van der Waals surface area contributed by atoms with Crippen LogP contribution in [-0.4, -0.2) is 39.4 Å². The molecule has 1 N–H and O–H groups in total. The van der Waals surface area contributed by atoms with Crippen molar-refractivity contribution in [1.82, 2.24) is 15.1 Å². The lowest BCUT2D eigenvalue weighted by Crippen LogP contribution is -2.37. The molecule has 5 nitrogen and oxygen atoms in total. The largest absolute Gasteiger partial charge is 0.419 e. The van der Waals surface area contributed by atoms with Crippen molar-refractivity contribution < 1.29 is 9.52 Å². The maximum Gasteiger partial charge on any atom is 0.247 e. The van der Waals surface area contributed by atoms with Crippen molar-refractivity contribution in [2.24, 2.45) is 0 Å². The van der Waals surface area contributed by atoms with E-state index >= 15 is 0 Å². The maximum atomic E-state index is 9.58. The van der Waals surface area contributed by atoms with E-state index in [4.69, 9.17) is 4.42 Å². The Kier molecular flexibility index (Phi) is 4.03. The number of hydrogen-bond acceptors (Lipinski definition) is 5. The van der Waals surface area contributed by atoms with Crippen LogP contribution in [0.25, 0.3) is 11.5 Å². The molecular weight excluding hydrogens is 266 g/mol. The van der Waals surface area contributed by atoms with E-state index < -0.39 is 0 Å². The highest BCUT2D eigenvalue weighted by Crippen LogP contribution is 2.26. The molecule has 1 aromatic heterocycles. The summed E-state index contributed by atoms with van der Waals surface area (Å²) in [5, 5.41) is 17.9. The highest BCUT2D eigenvalue weighted by Gasteiger charge is 2.25. The molecule has 0 amide bonds. The second-order valence-corrected chi connectivity index (χ2v) is 5.75. The number of hydrogen-bond donors (Lipinski definition) is 1. The number of aryl methyl sites for hydroxylation is 1. The fourth-order valence-electron chi connectivity index (χ4n) is 2.65. The maximum absolute atomic E-state index is 9.58. The number of piperidine rings is 1. The molecule has 2 aromatic rings. The van der Waals surface area contributed by atoms with Gasteiger partial charge < -0.3 is 9.52 Å². The molecule has 0 spiro atoms. The first kappa shape index (κ1) is 14.2. The van der Waals surface area contributed by atoms with E-state index in [0.29, 0.717) is 11.8 Å². The summed E-state index contributed by atoms with van der Waals surface area (Å²) in [5.74, 6) is 1.20. The fraction of sp³-hybridized carbons (Fsp3) is 0.500. The van der Waals surface area contributed by atoms with Gasteiger partial charge in [-0.2, -0.15) is 0 Å². The van der Waals surface area contributed by atoms with Crippen molar-refractivity contribution in [2.75, 3.05) is 13.1 Å². The van der Waals surface area contributed by atoms with Crippen molar-refractivity contribution in [1.29, 1.82) is 0 Å².